The van der Waals surface area contributed by atoms with Crippen LogP contribution in [-0.4, -0.2) is 74.6 Å². The first-order valence-electron chi connectivity index (χ1n) is 9.69. The van der Waals surface area contributed by atoms with Crippen molar-refractivity contribution in [1.29, 1.82) is 0 Å². The van der Waals surface area contributed by atoms with Gasteiger partial charge in [-0.05, 0) is 41.0 Å². The van der Waals surface area contributed by atoms with Gasteiger partial charge in [0.15, 0.2) is 0 Å². The molecule has 2 aromatic carbocycles. The maximum Gasteiger partial charge on any atom is 0.254 e. The Hall–Kier alpha value is -2.86. The number of benzene rings is 2. The zero-order chi connectivity index (χ0) is 22.2. The normalized spacial score (nSPS) is 15.2. The fraction of sp³-hybridized carbons (Fsp3) is 0.348. The van der Waals surface area contributed by atoms with Crippen LogP contribution in [0.5, 0.6) is 0 Å². The zero-order valence-electron chi connectivity index (χ0n) is 18.2. The number of halogens is 1. The van der Waals surface area contributed by atoms with Crippen molar-refractivity contribution < 1.29 is 9.59 Å². The van der Waals surface area contributed by atoms with Crippen molar-refractivity contribution in [1.82, 2.24) is 14.7 Å². The van der Waals surface area contributed by atoms with Crippen molar-refractivity contribution in [2.75, 3.05) is 42.3 Å². The van der Waals surface area contributed by atoms with Crippen LogP contribution >= 0.6 is 11.6 Å². The molecule has 0 bridgehead atoms. The van der Waals surface area contributed by atoms with E-state index in [2.05, 4.69) is 0 Å². The van der Waals surface area contributed by atoms with Gasteiger partial charge in [-0.25, -0.2) is 0 Å². The number of carbonyl (C=O) groups excluding carboxylic acids is 2. The average molecular weight is 427 g/mol. The summed E-state index contributed by atoms with van der Waals surface area (Å²) in [7, 11) is 10.7. The summed E-state index contributed by atoms with van der Waals surface area (Å²) in [5, 5.41) is 0.655. The molecule has 2 aromatic rings. The lowest BCUT2D eigenvalue weighted by molar-refractivity contribution is 0.0790. The monoisotopic (exact) mass is 426 g/mol. The first-order chi connectivity index (χ1) is 14.1. The topological polar surface area (TPSA) is 56.2 Å². The minimum absolute atomic E-state index is 0.194. The summed E-state index contributed by atoms with van der Waals surface area (Å²) in [5.74, 6) is 0.512. The summed E-state index contributed by atoms with van der Waals surface area (Å²) < 4.78 is 0. The number of aliphatic imine (C=N–C) groups is 1. The maximum absolute atomic E-state index is 12.9. The molecule has 1 aliphatic rings. The molecular formula is C23H27ClN4O2. The third kappa shape index (κ3) is 4.19. The number of rotatable bonds is 3. The maximum atomic E-state index is 12.9. The van der Waals surface area contributed by atoms with Gasteiger partial charge >= 0.3 is 0 Å². The third-order valence-electron chi connectivity index (χ3n) is 5.18. The number of amidine groups is 1. The second-order valence-electron chi connectivity index (χ2n) is 8.07. The molecule has 1 unspecified atom stereocenters. The van der Waals surface area contributed by atoms with E-state index in [0.717, 1.165) is 22.5 Å². The predicted octanol–water partition coefficient (Wildman–Crippen LogP) is 3.35. The van der Waals surface area contributed by atoms with Gasteiger partial charge in [0.25, 0.3) is 11.8 Å². The standard InChI is InChI=1S/C23H27ClN4O2/c1-26(2)20-12-15-11-18(22(29)27(3)4)19(23(30)28(5)6)13-17(15)21(25-20)14-7-9-16(24)10-8-14/h7-11,13,21H,12H2,1-6H3. The van der Waals surface area contributed by atoms with Crippen LogP contribution in [0.1, 0.15) is 43.4 Å². The van der Waals surface area contributed by atoms with Gasteiger partial charge in [0.1, 0.15) is 11.9 Å². The lowest BCUT2D eigenvalue weighted by Gasteiger charge is -2.29. The van der Waals surface area contributed by atoms with Crippen molar-refractivity contribution in [3.63, 3.8) is 0 Å². The first kappa shape index (κ1) is 21.8. The van der Waals surface area contributed by atoms with E-state index in [9.17, 15) is 9.59 Å². The molecule has 0 saturated carbocycles. The lowest BCUT2D eigenvalue weighted by atomic mass is 9.86. The highest BCUT2D eigenvalue weighted by Crippen LogP contribution is 2.36. The molecule has 1 atom stereocenters. The molecule has 0 aliphatic carbocycles. The van der Waals surface area contributed by atoms with Gasteiger partial charge in [0.2, 0.25) is 0 Å². The summed E-state index contributed by atoms with van der Waals surface area (Å²) in [6.45, 7) is 0. The number of amides is 2. The number of fused-ring (bicyclic) bond motifs is 1. The van der Waals surface area contributed by atoms with Crippen LogP contribution < -0.4 is 0 Å². The highest BCUT2D eigenvalue weighted by atomic mass is 35.5. The van der Waals surface area contributed by atoms with Gasteiger partial charge in [-0.1, -0.05) is 23.7 Å². The van der Waals surface area contributed by atoms with Crippen LogP contribution in [0.15, 0.2) is 41.4 Å². The molecule has 0 saturated heterocycles. The molecule has 0 aromatic heterocycles. The largest absolute Gasteiger partial charge is 0.366 e. The quantitative estimate of drug-likeness (QED) is 0.756. The van der Waals surface area contributed by atoms with Crippen LogP contribution in [0.2, 0.25) is 5.02 Å². The molecule has 0 N–H and O–H groups in total. The minimum Gasteiger partial charge on any atom is -0.366 e. The molecule has 3 rings (SSSR count). The van der Waals surface area contributed by atoms with Gasteiger partial charge in [-0.2, -0.15) is 0 Å². The predicted molar refractivity (Wildman–Crippen MR) is 121 cm³/mol. The number of hydrogen-bond acceptors (Lipinski definition) is 4. The lowest BCUT2D eigenvalue weighted by Crippen LogP contribution is -2.32. The van der Waals surface area contributed by atoms with Crippen LogP contribution in [-0.2, 0) is 6.42 Å². The van der Waals surface area contributed by atoms with E-state index in [1.807, 2.05) is 55.4 Å². The van der Waals surface area contributed by atoms with Crippen molar-refractivity contribution >= 4 is 29.3 Å². The van der Waals surface area contributed by atoms with E-state index >= 15 is 0 Å². The van der Waals surface area contributed by atoms with Gasteiger partial charge in [0, 0.05) is 53.7 Å². The Morgan fingerprint density at radius 1 is 0.900 bits per heavy atom. The van der Waals surface area contributed by atoms with Crippen molar-refractivity contribution in [3.8, 4) is 0 Å². The summed E-state index contributed by atoms with van der Waals surface area (Å²) in [6, 6.07) is 11.0. The molecule has 0 radical (unpaired) electrons. The highest BCUT2D eigenvalue weighted by Gasteiger charge is 2.29. The first-order valence-corrected chi connectivity index (χ1v) is 10.1. The summed E-state index contributed by atoms with van der Waals surface area (Å²) in [4.78, 5) is 35.7. The Kier molecular flexibility index (Phi) is 6.17. The van der Waals surface area contributed by atoms with Crippen LogP contribution in [0.25, 0.3) is 0 Å². The van der Waals surface area contributed by atoms with E-state index in [-0.39, 0.29) is 17.9 Å². The Labute approximate surface area is 182 Å². The summed E-state index contributed by atoms with van der Waals surface area (Å²) >= 11 is 6.08. The number of likely N-dealkylation sites (N-methyl/N-ethyl adjacent to an activating group) is 1. The Balaban J connectivity index is 2.25. The van der Waals surface area contributed by atoms with Crippen molar-refractivity contribution in [2.24, 2.45) is 4.99 Å². The molecule has 6 nitrogen and oxygen atoms in total. The smallest absolute Gasteiger partial charge is 0.254 e. The Morgan fingerprint density at radius 2 is 1.43 bits per heavy atom. The number of carbonyl (C=O) groups is 2. The minimum atomic E-state index is -0.277. The van der Waals surface area contributed by atoms with Crippen LogP contribution in [0, 0.1) is 0 Å². The highest BCUT2D eigenvalue weighted by molar-refractivity contribution is 6.30. The molecule has 1 heterocycles. The fourth-order valence-electron chi connectivity index (χ4n) is 3.51. The average Bonchev–Trinajstić information content (AvgIpc) is 2.71. The molecule has 30 heavy (non-hydrogen) atoms. The van der Waals surface area contributed by atoms with Crippen LogP contribution in [0.4, 0.5) is 0 Å². The second kappa shape index (κ2) is 8.48. The number of nitrogens with zero attached hydrogens (tertiary/aromatic N) is 4. The molecule has 0 spiro atoms. The van der Waals surface area contributed by atoms with Gasteiger partial charge in [-0.15, -0.1) is 0 Å². The zero-order valence-corrected chi connectivity index (χ0v) is 19.0. The summed E-state index contributed by atoms with van der Waals surface area (Å²) in [6.07, 6.45) is 0.594. The van der Waals surface area contributed by atoms with E-state index in [4.69, 9.17) is 16.6 Å². The van der Waals surface area contributed by atoms with Crippen LogP contribution in [0.3, 0.4) is 0 Å². The summed E-state index contributed by atoms with van der Waals surface area (Å²) in [5.41, 5.74) is 3.71. The van der Waals surface area contributed by atoms with Gasteiger partial charge < -0.3 is 14.7 Å². The fourth-order valence-corrected chi connectivity index (χ4v) is 3.64. The van der Waals surface area contributed by atoms with Gasteiger partial charge in [-0.3, -0.25) is 14.6 Å². The van der Waals surface area contributed by atoms with E-state index in [1.54, 1.807) is 28.2 Å². The Bertz CT molecular complexity index is 1010. The molecule has 7 heteroatoms. The Morgan fingerprint density at radius 3 is 1.93 bits per heavy atom. The molecule has 2 amide bonds. The molecule has 158 valence electrons. The van der Waals surface area contributed by atoms with Crippen molar-refractivity contribution in [3.05, 3.63) is 69.2 Å². The van der Waals surface area contributed by atoms with E-state index in [1.165, 1.54) is 9.80 Å². The van der Waals surface area contributed by atoms with E-state index < -0.39 is 0 Å². The molecule has 1 aliphatic heterocycles. The number of hydrogen-bond donors (Lipinski definition) is 0. The van der Waals surface area contributed by atoms with Gasteiger partial charge in [0.05, 0.1) is 11.1 Å². The SMILES string of the molecule is CN(C)C(=O)c1cc2c(cc1C(=O)N(C)C)C(c1ccc(Cl)cc1)N=C(N(C)C)C2. The van der Waals surface area contributed by atoms with Crippen molar-refractivity contribution in [2.45, 2.75) is 12.5 Å². The third-order valence-corrected chi connectivity index (χ3v) is 5.43. The second-order valence-corrected chi connectivity index (χ2v) is 8.50. The van der Waals surface area contributed by atoms with E-state index in [0.29, 0.717) is 22.6 Å². The molecule has 0 fully saturated rings. The molecular weight excluding hydrogens is 400 g/mol.